The van der Waals surface area contributed by atoms with Crippen molar-refractivity contribution in [1.29, 1.82) is 0 Å². The maximum atomic E-state index is 13.8. The van der Waals surface area contributed by atoms with Crippen LogP contribution in [0, 0.1) is 6.92 Å². The predicted molar refractivity (Wildman–Crippen MR) is 147 cm³/mol. The van der Waals surface area contributed by atoms with E-state index in [2.05, 4.69) is 4.90 Å². The predicted octanol–water partition coefficient (Wildman–Crippen LogP) is 6.25. The SMILES string of the molecule is Cc1c(Cl)ccc2sc(N(CCCN3CCOCC3)C(=O)C(C)(C)Oc3ccc(Cl)cc3)nc12.Cl. The third-order valence-corrected chi connectivity index (χ3v) is 7.58. The zero-order chi connectivity index (χ0) is 24.3. The Morgan fingerprint density at radius 1 is 1.17 bits per heavy atom. The lowest BCUT2D eigenvalue weighted by atomic mass is 10.1. The van der Waals surface area contributed by atoms with Crippen molar-refractivity contribution in [2.24, 2.45) is 0 Å². The quantitative estimate of drug-likeness (QED) is 0.327. The number of aryl methyl sites for hydroxylation is 1. The summed E-state index contributed by atoms with van der Waals surface area (Å²) in [7, 11) is 0. The van der Waals surface area contributed by atoms with Crippen LogP contribution in [0.25, 0.3) is 10.2 Å². The van der Waals surface area contributed by atoms with Crippen LogP contribution in [-0.4, -0.2) is 60.8 Å². The van der Waals surface area contributed by atoms with E-state index in [0.29, 0.717) is 27.5 Å². The second-order valence-corrected chi connectivity index (χ2v) is 10.7. The van der Waals surface area contributed by atoms with E-state index in [0.717, 1.165) is 55.0 Å². The fraction of sp³-hybridized carbons (Fsp3) is 0.440. The van der Waals surface area contributed by atoms with Crippen molar-refractivity contribution >= 4 is 68.2 Å². The zero-order valence-electron chi connectivity index (χ0n) is 20.1. The fourth-order valence-electron chi connectivity index (χ4n) is 3.93. The number of nitrogens with zero attached hydrogens (tertiary/aromatic N) is 3. The van der Waals surface area contributed by atoms with E-state index in [1.54, 1.807) is 43.0 Å². The molecule has 0 aliphatic carbocycles. The normalized spacial score (nSPS) is 14.5. The summed E-state index contributed by atoms with van der Waals surface area (Å²) in [5.41, 5.74) is 0.645. The Hall–Kier alpha value is -1.61. The number of benzene rings is 2. The van der Waals surface area contributed by atoms with Crippen LogP contribution in [0.2, 0.25) is 10.0 Å². The van der Waals surface area contributed by atoms with Gasteiger partial charge in [-0.15, -0.1) is 12.4 Å². The number of hydrogen-bond acceptors (Lipinski definition) is 6. The first kappa shape index (κ1) is 28.0. The van der Waals surface area contributed by atoms with Crippen LogP contribution in [0.5, 0.6) is 5.75 Å². The van der Waals surface area contributed by atoms with Crippen molar-refractivity contribution in [2.75, 3.05) is 44.3 Å². The molecule has 190 valence electrons. The van der Waals surface area contributed by atoms with Gasteiger partial charge in [-0.05, 0) is 69.2 Å². The van der Waals surface area contributed by atoms with E-state index in [4.69, 9.17) is 37.7 Å². The molecule has 2 heterocycles. The molecule has 0 spiro atoms. The number of carbonyl (C=O) groups is 1. The molecule has 0 N–H and O–H groups in total. The third kappa shape index (κ3) is 6.79. The topological polar surface area (TPSA) is 54.9 Å². The van der Waals surface area contributed by atoms with Gasteiger partial charge in [0.05, 0.1) is 23.4 Å². The van der Waals surface area contributed by atoms with Gasteiger partial charge in [0.25, 0.3) is 5.91 Å². The fourth-order valence-corrected chi connectivity index (χ4v) is 5.26. The number of hydrogen-bond donors (Lipinski definition) is 0. The maximum absolute atomic E-state index is 13.8. The number of anilines is 1. The summed E-state index contributed by atoms with van der Waals surface area (Å²) >= 11 is 13.8. The summed E-state index contributed by atoms with van der Waals surface area (Å²) in [6.07, 6.45) is 0.818. The van der Waals surface area contributed by atoms with Crippen LogP contribution < -0.4 is 9.64 Å². The molecule has 1 amide bonds. The minimum Gasteiger partial charge on any atom is -0.478 e. The number of rotatable bonds is 8. The Kier molecular flexibility index (Phi) is 9.66. The first-order chi connectivity index (χ1) is 16.2. The van der Waals surface area contributed by atoms with Gasteiger partial charge in [-0.3, -0.25) is 14.6 Å². The Labute approximate surface area is 226 Å². The number of fused-ring (bicyclic) bond motifs is 1. The summed E-state index contributed by atoms with van der Waals surface area (Å²) in [5.74, 6) is 0.440. The first-order valence-electron chi connectivity index (χ1n) is 11.4. The number of carbonyl (C=O) groups excluding carboxylic acids is 1. The Morgan fingerprint density at radius 2 is 1.86 bits per heavy atom. The van der Waals surface area contributed by atoms with Gasteiger partial charge < -0.3 is 9.47 Å². The molecule has 6 nitrogen and oxygen atoms in total. The average molecular weight is 559 g/mol. The Balaban J connectivity index is 0.00000342. The number of amides is 1. The molecular formula is C25H30Cl3N3O3S. The molecule has 35 heavy (non-hydrogen) atoms. The highest BCUT2D eigenvalue weighted by Crippen LogP contribution is 2.35. The van der Waals surface area contributed by atoms with Crippen molar-refractivity contribution < 1.29 is 14.3 Å². The second kappa shape index (κ2) is 12.1. The molecule has 0 saturated carbocycles. The minimum atomic E-state index is -1.10. The van der Waals surface area contributed by atoms with E-state index in [1.807, 2.05) is 19.1 Å². The van der Waals surface area contributed by atoms with Crippen molar-refractivity contribution in [3.8, 4) is 5.75 Å². The maximum Gasteiger partial charge on any atom is 0.272 e. The monoisotopic (exact) mass is 557 g/mol. The third-order valence-electron chi connectivity index (χ3n) is 5.87. The molecule has 0 atom stereocenters. The molecule has 2 aromatic carbocycles. The lowest BCUT2D eigenvalue weighted by Crippen LogP contribution is -2.50. The Bertz CT molecular complexity index is 1150. The number of ether oxygens (including phenoxy) is 2. The molecule has 0 bridgehead atoms. The van der Waals surface area contributed by atoms with Gasteiger partial charge in [-0.25, -0.2) is 4.98 Å². The van der Waals surface area contributed by atoms with E-state index in [-0.39, 0.29) is 18.3 Å². The molecule has 1 aromatic heterocycles. The van der Waals surface area contributed by atoms with Crippen molar-refractivity contribution in [1.82, 2.24) is 9.88 Å². The number of thiazole rings is 1. The van der Waals surface area contributed by atoms with Gasteiger partial charge in [0.15, 0.2) is 10.7 Å². The van der Waals surface area contributed by atoms with Crippen molar-refractivity contribution in [2.45, 2.75) is 32.8 Å². The highest BCUT2D eigenvalue weighted by molar-refractivity contribution is 7.22. The van der Waals surface area contributed by atoms with Crippen LogP contribution in [0.4, 0.5) is 5.13 Å². The van der Waals surface area contributed by atoms with E-state index < -0.39 is 5.60 Å². The summed E-state index contributed by atoms with van der Waals surface area (Å²) in [4.78, 5) is 22.8. The van der Waals surface area contributed by atoms with Gasteiger partial charge >= 0.3 is 0 Å². The zero-order valence-corrected chi connectivity index (χ0v) is 23.2. The molecule has 4 rings (SSSR count). The molecule has 10 heteroatoms. The summed E-state index contributed by atoms with van der Waals surface area (Å²) < 4.78 is 12.6. The van der Waals surface area contributed by atoms with Gasteiger partial charge in [-0.2, -0.15) is 0 Å². The molecule has 3 aromatic rings. The lowest BCUT2D eigenvalue weighted by molar-refractivity contribution is -0.131. The van der Waals surface area contributed by atoms with Crippen LogP contribution in [0.1, 0.15) is 25.8 Å². The van der Waals surface area contributed by atoms with E-state index in [1.165, 1.54) is 11.3 Å². The number of aromatic nitrogens is 1. The number of morpholine rings is 1. The molecule has 1 saturated heterocycles. The minimum absolute atomic E-state index is 0. The molecule has 1 aliphatic heterocycles. The molecule has 0 unspecified atom stereocenters. The van der Waals surface area contributed by atoms with Crippen molar-refractivity contribution in [3.05, 3.63) is 52.0 Å². The summed E-state index contributed by atoms with van der Waals surface area (Å²) in [5, 5.41) is 1.94. The first-order valence-corrected chi connectivity index (χ1v) is 12.9. The lowest BCUT2D eigenvalue weighted by Gasteiger charge is -2.32. The van der Waals surface area contributed by atoms with Gasteiger partial charge in [0.1, 0.15) is 5.75 Å². The molecule has 0 radical (unpaired) electrons. The van der Waals surface area contributed by atoms with E-state index in [9.17, 15) is 4.79 Å². The molecule has 1 fully saturated rings. The van der Waals surface area contributed by atoms with Crippen molar-refractivity contribution in [3.63, 3.8) is 0 Å². The highest BCUT2D eigenvalue weighted by Gasteiger charge is 2.36. The molecular weight excluding hydrogens is 529 g/mol. The van der Waals surface area contributed by atoms with Crippen LogP contribution in [0.3, 0.4) is 0 Å². The number of halogens is 3. The Morgan fingerprint density at radius 3 is 2.54 bits per heavy atom. The highest BCUT2D eigenvalue weighted by atomic mass is 35.5. The summed E-state index contributed by atoms with van der Waals surface area (Å²) in [6.45, 7) is 10.3. The molecule has 1 aliphatic rings. The van der Waals surface area contributed by atoms with Crippen LogP contribution in [0.15, 0.2) is 36.4 Å². The average Bonchev–Trinajstić information content (AvgIpc) is 3.26. The largest absolute Gasteiger partial charge is 0.478 e. The van der Waals surface area contributed by atoms with Gasteiger partial charge in [0, 0.05) is 36.2 Å². The second-order valence-electron chi connectivity index (χ2n) is 8.85. The van der Waals surface area contributed by atoms with Gasteiger partial charge in [0.2, 0.25) is 0 Å². The smallest absolute Gasteiger partial charge is 0.272 e. The summed E-state index contributed by atoms with van der Waals surface area (Å²) in [6, 6.07) is 10.9. The van der Waals surface area contributed by atoms with Crippen LogP contribution >= 0.6 is 46.9 Å². The van der Waals surface area contributed by atoms with Gasteiger partial charge in [-0.1, -0.05) is 34.5 Å². The standard InChI is InChI=1S/C25H29Cl2N3O3S.ClH/c1-17-20(27)9-10-21-22(17)28-24(34-21)30(12-4-11-29-13-15-32-16-14-29)23(31)25(2,3)33-19-7-5-18(26)6-8-19;/h5-10H,4,11-16H2,1-3H3;1H. The van der Waals surface area contributed by atoms with Crippen LogP contribution in [-0.2, 0) is 9.53 Å². The van der Waals surface area contributed by atoms with E-state index >= 15 is 0 Å².